The minimum absolute atomic E-state index is 0.715. The molecule has 15 heavy (non-hydrogen) atoms. The molecule has 0 unspecified atom stereocenters. The lowest BCUT2D eigenvalue weighted by atomic mass is 10.2. The fourth-order valence-corrected chi connectivity index (χ4v) is 0.935. The van der Waals surface area contributed by atoms with Gasteiger partial charge in [0.15, 0.2) is 12.4 Å². The van der Waals surface area contributed by atoms with Crippen LogP contribution >= 0.6 is 0 Å². The zero-order chi connectivity index (χ0) is 11.9. The van der Waals surface area contributed by atoms with Gasteiger partial charge in [0.05, 0.1) is 6.26 Å². The Hall–Kier alpha value is -0.940. The van der Waals surface area contributed by atoms with Crippen molar-refractivity contribution < 1.29 is 17.5 Å². The van der Waals surface area contributed by atoms with Crippen LogP contribution in [0.25, 0.3) is 0 Å². The van der Waals surface area contributed by atoms with E-state index in [1.165, 1.54) is 5.56 Å². The Bertz CT molecular complexity index is 339. The molecule has 0 fully saturated rings. The summed E-state index contributed by atoms with van der Waals surface area (Å²) in [5.74, 6) is 0. The largest absolute Gasteiger partial charge is 0.286 e. The van der Waals surface area contributed by atoms with Gasteiger partial charge in [-0.15, -0.1) is 0 Å². The molecule has 1 N–H and O–H groups in total. The predicted octanol–water partition coefficient (Wildman–Crippen LogP) is 1.06. The van der Waals surface area contributed by atoms with Gasteiger partial charge in [0, 0.05) is 12.1 Å². The topological polar surface area (TPSA) is 58.2 Å². The van der Waals surface area contributed by atoms with Crippen LogP contribution in [-0.4, -0.2) is 19.2 Å². The van der Waals surface area contributed by atoms with Gasteiger partial charge in [-0.25, -0.2) is 4.57 Å². The second-order valence-corrected chi connectivity index (χ2v) is 4.59. The lowest BCUT2D eigenvalue weighted by molar-refractivity contribution is -0.693. The van der Waals surface area contributed by atoms with Crippen LogP contribution in [-0.2, 0) is 23.1 Å². The smallest absolute Gasteiger partial charge is 0.261 e. The van der Waals surface area contributed by atoms with E-state index in [1.807, 2.05) is 0 Å². The highest BCUT2D eigenvalue weighted by molar-refractivity contribution is 7.85. The van der Waals surface area contributed by atoms with E-state index < -0.39 is 10.1 Å². The third kappa shape index (κ3) is 9.37. The van der Waals surface area contributed by atoms with Crippen molar-refractivity contribution in [3.8, 4) is 0 Å². The highest BCUT2D eigenvalue weighted by atomic mass is 32.2. The second kappa shape index (κ2) is 6.53. The summed E-state index contributed by atoms with van der Waals surface area (Å²) in [6, 6.07) is 4.34. The van der Waals surface area contributed by atoms with Crippen molar-refractivity contribution in [1.29, 1.82) is 0 Å². The van der Waals surface area contributed by atoms with Gasteiger partial charge in [-0.3, -0.25) is 4.55 Å². The number of aromatic nitrogens is 1. The number of pyridine rings is 1. The Morgan fingerprint density at radius 2 is 1.67 bits per heavy atom. The lowest BCUT2D eigenvalue weighted by Crippen LogP contribution is -2.30. The summed E-state index contributed by atoms with van der Waals surface area (Å²) in [5.41, 5.74) is 1.41. The first-order valence-electron chi connectivity index (χ1n) is 4.77. The Balaban J connectivity index is 0.000000336. The van der Waals surface area contributed by atoms with Gasteiger partial charge >= 0.3 is 0 Å². The molecule has 0 spiro atoms. The first kappa shape index (κ1) is 14.1. The van der Waals surface area contributed by atoms with Crippen LogP contribution in [0.5, 0.6) is 0 Å². The number of aryl methyl sites for hydroxylation is 2. The summed E-state index contributed by atoms with van der Waals surface area (Å²) in [6.45, 7) is 5.38. The van der Waals surface area contributed by atoms with E-state index in [-0.39, 0.29) is 0 Å². The number of nitrogens with zero attached hydrogens (tertiary/aromatic N) is 1. The molecule has 4 nitrogen and oxygen atoms in total. The molecule has 0 aliphatic carbocycles. The van der Waals surface area contributed by atoms with Gasteiger partial charge in [-0.05, 0) is 18.9 Å². The van der Waals surface area contributed by atoms with Gasteiger partial charge in [-0.1, -0.05) is 6.92 Å². The van der Waals surface area contributed by atoms with E-state index >= 15 is 0 Å². The maximum Gasteiger partial charge on any atom is 0.261 e. The van der Waals surface area contributed by atoms with Gasteiger partial charge in [0.25, 0.3) is 10.1 Å². The van der Waals surface area contributed by atoms with Crippen molar-refractivity contribution in [2.24, 2.45) is 0 Å². The molecule has 0 radical (unpaired) electrons. The molecule has 1 heterocycles. The second-order valence-electron chi connectivity index (χ2n) is 3.12. The van der Waals surface area contributed by atoms with Crippen LogP contribution in [0.4, 0.5) is 0 Å². The fraction of sp³-hybridized carbons (Fsp3) is 0.500. The molecule has 0 amide bonds. The SMILES string of the molecule is CCc1cc[n+](CC)cc1.CS(=O)(=O)O. The summed E-state index contributed by atoms with van der Waals surface area (Å²) in [5, 5.41) is 0. The maximum absolute atomic E-state index is 9.19. The Morgan fingerprint density at radius 3 is 1.93 bits per heavy atom. The molecule has 0 saturated heterocycles. The molecule has 1 rings (SSSR count). The van der Waals surface area contributed by atoms with E-state index in [9.17, 15) is 8.42 Å². The van der Waals surface area contributed by atoms with Crippen molar-refractivity contribution in [2.45, 2.75) is 26.8 Å². The first-order chi connectivity index (χ1) is 6.86. The number of hydrogen-bond donors (Lipinski definition) is 1. The minimum atomic E-state index is -3.67. The molecule has 86 valence electrons. The summed E-state index contributed by atoms with van der Waals surface area (Å²) in [6.07, 6.45) is 6.09. The predicted molar refractivity (Wildman–Crippen MR) is 59.2 cm³/mol. The molecule has 0 saturated carbocycles. The van der Waals surface area contributed by atoms with Gasteiger partial charge in [0.1, 0.15) is 6.54 Å². The third-order valence-corrected chi connectivity index (χ3v) is 1.73. The zero-order valence-corrected chi connectivity index (χ0v) is 10.2. The highest BCUT2D eigenvalue weighted by Gasteiger charge is 1.93. The Labute approximate surface area is 91.3 Å². The van der Waals surface area contributed by atoms with E-state index in [0.29, 0.717) is 6.26 Å². The summed E-state index contributed by atoms with van der Waals surface area (Å²) in [7, 11) is -3.67. The van der Waals surface area contributed by atoms with Crippen LogP contribution in [0.1, 0.15) is 19.4 Å². The first-order valence-corrected chi connectivity index (χ1v) is 6.62. The molecule has 0 atom stereocenters. The number of hydrogen-bond acceptors (Lipinski definition) is 2. The van der Waals surface area contributed by atoms with Crippen LogP contribution < -0.4 is 4.57 Å². The van der Waals surface area contributed by atoms with Crippen molar-refractivity contribution >= 4 is 10.1 Å². The third-order valence-electron chi connectivity index (χ3n) is 1.73. The van der Waals surface area contributed by atoms with Crippen LogP contribution in [0.3, 0.4) is 0 Å². The Morgan fingerprint density at radius 1 is 1.27 bits per heavy atom. The zero-order valence-electron chi connectivity index (χ0n) is 9.34. The van der Waals surface area contributed by atoms with Gasteiger partial charge in [0.2, 0.25) is 0 Å². The van der Waals surface area contributed by atoms with Crippen molar-refractivity contribution in [1.82, 2.24) is 0 Å². The minimum Gasteiger partial charge on any atom is -0.286 e. The monoisotopic (exact) mass is 232 g/mol. The van der Waals surface area contributed by atoms with Crippen LogP contribution in [0, 0.1) is 0 Å². The summed E-state index contributed by atoms with van der Waals surface area (Å²) in [4.78, 5) is 0. The van der Waals surface area contributed by atoms with E-state index in [1.54, 1.807) is 0 Å². The average Bonchev–Trinajstić information content (AvgIpc) is 2.15. The molecule has 0 aliphatic rings. The van der Waals surface area contributed by atoms with Gasteiger partial charge in [-0.2, -0.15) is 8.42 Å². The average molecular weight is 232 g/mol. The molecule has 1 aromatic rings. The molecule has 0 aliphatic heterocycles. The lowest BCUT2D eigenvalue weighted by Gasteiger charge is -1.93. The van der Waals surface area contributed by atoms with E-state index in [2.05, 4.69) is 42.9 Å². The van der Waals surface area contributed by atoms with Crippen molar-refractivity contribution in [2.75, 3.05) is 6.26 Å². The maximum atomic E-state index is 9.19. The van der Waals surface area contributed by atoms with E-state index in [0.717, 1.165) is 13.0 Å². The van der Waals surface area contributed by atoms with E-state index in [4.69, 9.17) is 4.55 Å². The Kier molecular flexibility index (Phi) is 6.12. The molecule has 5 heteroatoms. The van der Waals surface area contributed by atoms with Crippen LogP contribution in [0.15, 0.2) is 24.5 Å². The molecule has 1 aromatic heterocycles. The fourth-order valence-electron chi connectivity index (χ4n) is 0.935. The highest BCUT2D eigenvalue weighted by Crippen LogP contribution is 1.94. The normalized spacial score (nSPS) is 10.4. The molecule has 0 aromatic carbocycles. The van der Waals surface area contributed by atoms with Crippen molar-refractivity contribution in [3.63, 3.8) is 0 Å². The van der Waals surface area contributed by atoms with Crippen molar-refractivity contribution in [3.05, 3.63) is 30.1 Å². The molecular formula is C10H18NO3S+. The summed E-state index contributed by atoms with van der Waals surface area (Å²) < 4.78 is 28.0. The van der Waals surface area contributed by atoms with Crippen LogP contribution in [0.2, 0.25) is 0 Å². The van der Waals surface area contributed by atoms with Gasteiger partial charge < -0.3 is 0 Å². The molecule has 0 bridgehead atoms. The standard InChI is InChI=1S/C9H14N.CH4O3S/c1-3-9-5-7-10(4-2)8-6-9;1-5(2,3)4/h5-8H,3-4H2,1-2H3;1H3,(H,2,3,4)/q+1;. The summed E-state index contributed by atoms with van der Waals surface area (Å²) >= 11 is 0. The number of rotatable bonds is 2. The quantitative estimate of drug-likeness (QED) is 0.612. The molecular weight excluding hydrogens is 214 g/mol.